The highest BCUT2D eigenvalue weighted by atomic mass is 15.2. The monoisotopic (exact) mass is 291 g/mol. The van der Waals surface area contributed by atoms with E-state index in [1.165, 1.54) is 25.7 Å². The molecule has 1 fully saturated rings. The molecule has 1 aliphatic carbocycles. The molecule has 0 atom stereocenters. The summed E-state index contributed by atoms with van der Waals surface area (Å²) in [5.74, 6) is 1.89. The molecule has 0 aromatic carbocycles. The summed E-state index contributed by atoms with van der Waals surface area (Å²) in [6.07, 6.45) is 8.22. The second-order valence-electron chi connectivity index (χ2n) is 5.97. The fourth-order valence-corrected chi connectivity index (χ4v) is 2.93. The van der Waals surface area contributed by atoms with Gasteiger partial charge >= 0.3 is 0 Å². The lowest BCUT2D eigenvalue weighted by Gasteiger charge is -2.24. The maximum atomic E-state index is 4.36. The SMILES string of the molecule is CCCNc1ncnc(NCCN(C)C2CCCC2)c1C. The number of anilines is 2. The Morgan fingerprint density at radius 2 is 1.76 bits per heavy atom. The molecule has 21 heavy (non-hydrogen) atoms. The maximum absolute atomic E-state index is 4.36. The van der Waals surface area contributed by atoms with Gasteiger partial charge in [0, 0.05) is 31.2 Å². The van der Waals surface area contributed by atoms with Gasteiger partial charge in [0.15, 0.2) is 0 Å². The highest BCUT2D eigenvalue weighted by Gasteiger charge is 2.18. The summed E-state index contributed by atoms with van der Waals surface area (Å²) in [5, 5.41) is 6.80. The first kappa shape index (κ1) is 16.0. The Morgan fingerprint density at radius 3 is 2.38 bits per heavy atom. The van der Waals surface area contributed by atoms with E-state index >= 15 is 0 Å². The largest absolute Gasteiger partial charge is 0.370 e. The molecule has 0 spiro atoms. The van der Waals surface area contributed by atoms with Crippen LogP contribution in [0.5, 0.6) is 0 Å². The van der Waals surface area contributed by atoms with Crippen molar-refractivity contribution in [3.05, 3.63) is 11.9 Å². The molecule has 0 aliphatic heterocycles. The minimum atomic E-state index is 0.778. The third-order valence-corrected chi connectivity index (χ3v) is 4.33. The summed E-state index contributed by atoms with van der Waals surface area (Å²) in [7, 11) is 2.23. The fraction of sp³-hybridized carbons (Fsp3) is 0.750. The predicted molar refractivity (Wildman–Crippen MR) is 88.9 cm³/mol. The number of hydrogen-bond acceptors (Lipinski definition) is 5. The highest BCUT2D eigenvalue weighted by Crippen LogP contribution is 2.22. The van der Waals surface area contributed by atoms with Crippen molar-refractivity contribution in [3.63, 3.8) is 0 Å². The van der Waals surface area contributed by atoms with Gasteiger partial charge in [0.25, 0.3) is 0 Å². The van der Waals surface area contributed by atoms with E-state index < -0.39 is 0 Å². The number of nitrogens with one attached hydrogen (secondary N) is 2. The van der Waals surface area contributed by atoms with Crippen molar-refractivity contribution in [1.29, 1.82) is 0 Å². The van der Waals surface area contributed by atoms with Gasteiger partial charge in [-0.1, -0.05) is 19.8 Å². The minimum Gasteiger partial charge on any atom is -0.370 e. The minimum absolute atomic E-state index is 0.778. The molecular weight excluding hydrogens is 262 g/mol. The smallest absolute Gasteiger partial charge is 0.134 e. The van der Waals surface area contributed by atoms with Crippen molar-refractivity contribution in [3.8, 4) is 0 Å². The zero-order chi connectivity index (χ0) is 15.1. The van der Waals surface area contributed by atoms with Crippen LogP contribution in [0.1, 0.15) is 44.6 Å². The number of nitrogens with zero attached hydrogens (tertiary/aromatic N) is 3. The molecule has 1 heterocycles. The second kappa shape index (κ2) is 8.17. The predicted octanol–water partition coefficient (Wildman–Crippen LogP) is 2.89. The van der Waals surface area contributed by atoms with E-state index in [-0.39, 0.29) is 0 Å². The third kappa shape index (κ3) is 4.56. The van der Waals surface area contributed by atoms with Crippen molar-refractivity contribution in [2.75, 3.05) is 37.3 Å². The van der Waals surface area contributed by atoms with Gasteiger partial charge in [0.2, 0.25) is 0 Å². The molecule has 0 amide bonds. The van der Waals surface area contributed by atoms with Gasteiger partial charge in [-0.05, 0) is 33.2 Å². The Bertz CT molecular complexity index is 429. The zero-order valence-corrected chi connectivity index (χ0v) is 13.7. The van der Waals surface area contributed by atoms with Crippen LogP contribution in [0.15, 0.2) is 6.33 Å². The maximum Gasteiger partial charge on any atom is 0.134 e. The van der Waals surface area contributed by atoms with Crippen molar-refractivity contribution in [2.45, 2.75) is 52.0 Å². The van der Waals surface area contributed by atoms with Gasteiger partial charge in [0.1, 0.15) is 18.0 Å². The van der Waals surface area contributed by atoms with Crippen LogP contribution in [0, 0.1) is 6.92 Å². The summed E-state index contributed by atoms with van der Waals surface area (Å²) in [5.41, 5.74) is 1.11. The Balaban J connectivity index is 1.82. The van der Waals surface area contributed by atoms with Gasteiger partial charge in [-0.2, -0.15) is 0 Å². The molecule has 0 saturated heterocycles. The molecule has 5 heteroatoms. The first-order chi connectivity index (χ1) is 10.2. The van der Waals surface area contributed by atoms with Crippen molar-refractivity contribution in [1.82, 2.24) is 14.9 Å². The molecule has 0 radical (unpaired) electrons. The Labute approximate surface area is 128 Å². The molecule has 1 saturated carbocycles. The van der Waals surface area contributed by atoms with Crippen LogP contribution in [0.25, 0.3) is 0 Å². The van der Waals surface area contributed by atoms with Crippen LogP contribution in [0.4, 0.5) is 11.6 Å². The first-order valence-corrected chi connectivity index (χ1v) is 8.22. The molecule has 0 bridgehead atoms. The van der Waals surface area contributed by atoms with Gasteiger partial charge in [0.05, 0.1) is 0 Å². The molecule has 2 N–H and O–H groups in total. The highest BCUT2D eigenvalue weighted by molar-refractivity contribution is 5.56. The molecule has 118 valence electrons. The standard InChI is InChI=1S/C16H29N5/c1-4-9-17-15-13(2)16(20-12-19-15)18-10-11-21(3)14-7-5-6-8-14/h12,14H,4-11H2,1-3H3,(H2,17,18,19,20). The molecule has 0 unspecified atom stereocenters. The zero-order valence-electron chi connectivity index (χ0n) is 13.7. The second-order valence-corrected chi connectivity index (χ2v) is 5.97. The summed E-state index contributed by atoms with van der Waals surface area (Å²) in [6.45, 7) is 7.16. The number of hydrogen-bond donors (Lipinski definition) is 2. The van der Waals surface area contributed by atoms with Crippen LogP contribution in [-0.4, -0.2) is 47.6 Å². The summed E-state index contributed by atoms with van der Waals surface area (Å²) < 4.78 is 0. The quantitative estimate of drug-likeness (QED) is 0.771. The number of likely N-dealkylation sites (N-methyl/N-ethyl adjacent to an activating group) is 1. The van der Waals surface area contributed by atoms with Gasteiger partial charge in [-0.3, -0.25) is 0 Å². The third-order valence-electron chi connectivity index (χ3n) is 4.33. The summed E-state index contributed by atoms with van der Waals surface area (Å²) in [6, 6.07) is 0.778. The van der Waals surface area contributed by atoms with Crippen LogP contribution < -0.4 is 10.6 Å². The van der Waals surface area contributed by atoms with Gasteiger partial charge < -0.3 is 15.5 Å². The topological polar surface area (TPSA) is 53.1 Å². The molecular formula is C16H29N5. The normalized spacial score (nSPS) is 15.6. The van der Waals surface area contributed by atoms with Crippen LogP contribution in [0.3, 0.4) is 0 Å². The molecule has 5 nitrogen and oxygen atoms in total. The van der Waals surface area contributed by atoms with Crippen molar-refractivity contribution in [2.24, 2.45) is 0 Å². The van der Waals surface area contributed by atoms with E-state index in [9.17, 15) is 0 Å². The average molecular weight is 291 g/mol. The van der Waals surface area contributed by atoms with Crippen LogP contribution in [0.2, 0.25) is 0 Å². The van der Waals surface area contributed by atoms with Gasteiger partial charge in [-0.15, -0.1) is 0 Å². The summed E-state index contributed by atoms with van der Waals surface area (Å²) in [4.78, 5) is 11.1. The Kier molecular flexibility index (Phi) is 6.23. The molecule has 1 aromatic rings. The fourth-order valence-electron chi connectivity index (χ4n) is 2.93. The van der Waals surface area contributed by atoms with Crippen LogP contribution >= 0.6 is 0 Å². The van der Waals surface area contributed by atoms with E-state index in [4.69, 9.17) is 0 Å². The molecule has 1 aromatic heterocycles. The van der Waals surface area contributed by atoms with Gasteiger partial charge in [-0.25, -0.2) is 9.97 Å². The lowest BCUT2D eigenvalue weighted by Crippen LogP contribution is -2.33. The lowest BCUT2D eigenvalue weighted by molar-refractivity contribution is 0.254. The summed E-state index contributed by atoms with van der Waals surface area (Å²) >= 11 is 0. The van der Waals surface area contributed by atoms with E-state index in [2.05, 4.69) is 46.4 Å². The lowest BCUT2D eigenvalue weighted by atomic mass is 10.2. The van der Waals surface area contributed by atoms with Crippen LogP contribution in [-0.2, 0) is 0 Å². The number of rotatable bonds is 8. The van der Waals surface area contributed by atoms with Crippen molar-refractivity contribution < 1.29 is 0 Å². The molecule has 1 aliphatic rings. The Morgan fingerprint density at radius 1 is 1.14 bits per heavy atom. The molecule has 2 rings (SSSR count). The van der Waals surface area contributed by atoms with Crippen molar-refractivity contribution >= 4 is 11.6 Å². The van der Waals surface area contributed by atoms with E-state index in [1.54, 1.807) is 6.33 Å². The van der Waals surface area contributed by atoms with E-state index in [1.807, 2.05) is 0 Å². The number of aromatic nitrogens is 2. The Hall–Kier alpha value is -1.36. The van der Waals surface area contributed by atoms with E-state index in [0.717, 1.165) is 49.3 Å². The van der Waals surface area contributed by atoms with E-state index in [0.29, 0.717) is 0 Å². The average Bonchev–Trinajstić information content (AvgIpc) is 3.02. The first-order valence-electron chi connectivity index (χ1n) is 8.22.